The van der Waals surface area contributed by atoms with Crippen molar-refractivity contribution in [1.29, 1.82) is 0 Å². The summed E-state index contributed by atoms with van der Waals surface area (Å²) >= 11 is 0. The number of nitrogens with one attached hydrogen (secondary N) is 2. The maximum absolute atomic E-state index is 14.1. The molecule has 0 bridgehead atoms. The highest BCUT2D eigenvalue weighted by Gasteiger charge is 2.19. The van der Waals surface area contributed by atoms with E-state index < -0.39 is 17.6 Å². The van der Waals surface area contributed by atoms with E-state index in [4.69, 9.17) is 0 Å². The molecular weight excluding hydrogens is 313 g/mol. The topological polar surface area (TPSA) is 88.9 Å². The van der Waals surface area contributed by atoms with Crippen molar-refractivity contribution in [2.24, 2.45) is 5.92 Å². The summed E-state index contributed by atoms with van der Waals surface area (Å²) < 4.78 is 15.4. The Labute approximate surface area is 139 Å². The van der Waals surface area contributed by atoms with E-state index in [1.54, 1.807) is 0 Å². The van der Waals surface area contributed by atoms with Gasteiger partial charge in [-0.25, -0.2) is 14.1 Å². The van der Waals surface area contributed by atoms with E-state index in [2.05, 4.69) is 20.7 Å². The fraction of sp³-hybridized carbons (Fsp3) is 0.375. The molecule has 2 rings (SSSR count). The molecule has 2 aromatic rings. The van der Waals surface area contributed by atoms with Crippen LogP contribution in [0, 0.1) is 11.7 Å². The van der Waals surface area contributed by atoms with Gasteiger partial charge in [-0.3, -0.25) is 9.59 Å². The van der Waals surface area contributed by atoms with E-state index in [-0.39, 0.29) is 23.3 Å². The number of hydrogen-bond donors (Lipinski definition) is 2. The minimum atomic E-state index is -0.835. The first-order valence-electron chi connectivity index (χ1n) is 7.68. The third-order valence-corrected chi connectivity index (χ3v) is 3.93. The molecule has 8 heteroatoms. The second-order valence-electron chi connectivity index (χ2n) is 5.61. The number of amides is 2. The van der Waals surface area contributed by atoms with Crippen molar-refractivity contribution in [2.45, 2.75) is 33.2 Å². The van der Waals surface area contributed by atoms with Gasteiger partial charge in [0.1, 0.15) is 18.3 Å². The van der Waals surface area contributed by atoms with Gasteiger partial charge in [0.05, 0.1) is 0 Å². The van der Waals surface area contributed by atoms with Crippen LogP contribution in [-0.4, -0.2) is 32.6 Å². The summed E-state index contributed by atoms with van der Waals surface area (Å²) in [5.41, 5.74) is 0.382. The second kappa shape index (κ2) is 7.67. The molecule has 0 radical (unpaired) electrons. The average molecular weight is 333 g/mol. The monoisotopic (exact) mass is 333 g/mol. The molecule has 24 heavy (non-hydrogen) atoms. The van der Waals surface area contributed by atoms with Crippen LogP contribution >= 0.6 is 0 Å². The minimum absolute atomic E-state index is 0.125. The molecule has 0 aliphatic carbocycles. The Morgan fingerprint density at radius 3 is 2.62 bits per heavy atom. The third kappa shape index (κ3) is 4.15. The summed E-state index contributed by atoms with van der Waals surface area (Å²) in [6, 6.07) is 3.93. The lowest BCUT2D eigenvalue weighted by Gasteiger charge is -2.19. The molecular formula is C16H20FN5O2. The molecule has 7 nitrogen and oxygen atoms in total. The highest BCUT2D eigenvalue weighted by atomic mass is 19.1. The van der Waals surface area contributed by atoms with E-state index in [1.165, 1.54) is 29.5 Å². The number of halogens is 1. The number of hydrogen-bond acceptors (Lipinski definition) is 4. The van der Waals surface area contributed by atoms with Gasteiger partial charge in [0.2, 0.25) is 0 Å². The molecule has 2 unspecified atom stereocenters. The highest BCUT2D eigenvalue weighted by Crippen LogP contribution is 2.17. The number of carbonyl (C=O) groups is 2. The first kappa shape index (κ1) is 17.6. The lowest BCUT2D eigenvalue weighted by Crippen LogP contribution is -2.43. The molecule has 0 fully saturated rings. The van der Waals surface area contributed by atoms with E-state index in [9.17, 15) is 14.0 Å². The first-order chi connectivity index (χ1) is 11.4. The molecule has 0 aliphatic heterocycles. The van der Waals surface area contributed by atoms with Crippen LogP contribution in [0.4, 0.5) is 10.1 Å². The highest BCUT2D eigenvalue weighted by molar-refractivity contribution is 6.39. The van der Waals surface area contributed by atoms with Gasteiger partial charge >= 0.3 is 11.8 Å². The van der Waals surface area contributed by atoms with Gasteiger partial charge in [-0.15, -0.1) is 0 Å². The van der Waals surface area contributed by atoms with Crippen LogP contribution in [0.25, 0.3) is 5.69 Å². The lowest BCUT2D eigenvalue weighted by atomic mass is 10.0. The van der Waals surface area contributed by atoms with E-state index >= 15 is 0 Å². The number of aromatic nitrogens is 3. The Hall–Kier alpha value is -2.77. The molecule has 128 valence electrons. The molecule has 2 N–H and O–H groups in total. The zero-order valence-electron chi connectivity index (χ0n) is 13.8. The molecule has 0 saturated heterocycles. The summed E-state index contributed by atoms with van der Waals surface area (Å²) in [5, 5.41) is 8.85. The van der Waals surface area contributed by atoms with Crippen molar-refractivity contribution in [2.75, 3.05) is 5.32 Å². The third-order valence-electron chi connectivity index (χ3n) is 3.93. The molecule has 2 atom stereocenters. The summed E-state index contributed by atoms with van der Waals surface area (Å²) in [5.74, 6) is -1.92. The molecule has 2 amide bonds. The Bertz CT molecular complexity index is 717. The van der Waals surface area contributed by atoms with Gasteiger partial charge in [0.15, 0.2) is 5.82 Å². The predicted octanol–water partition coefficient (Wildman–Crippen LogP) is 1.90. The van der Waals surface area contributed by atoms with Gasteiger partial charge in [0, 0.05) is 11.7 Å². The largest absolute Gasteiger partial charge is 0.345 e. The molecule has 1 aromatic heterocycles. The van der Waals surface area contributed by atoms with Crippen molar-refractivity contribution in [3.05, 3.63) is 36.7 Å². The average Bonchev–Trinajstić information content (AvgIpc) is 3.08. The van der Waals surface area contributed by atoms with Crippen LogP contribution < -0.4 is 10.6 Å². The van der Waals surface area contributed by atoms with E-state index in [0.717, 1.165) is 12.5 Å². The zero-order chi connectivity index (χ0) is 17.7. The Morgan fingerprint density at radius 2 is 2.04 bits per heavy atom. The van der Waals surface area contributed by atoms with Gasteiger partial charge in [-0.1, -0.05) is 20.3 Å². The predicted molar refractivity (Wildman–Crippen MR) is 87.0 cm³/mol. The maximum Gasteiger partial charge on any atom is 0.313 e. The Morgan fingerprint density at radius 1 is 1.29 bits per heavy atom. The maximum atomic E-state index is 14.1. The summed E-state index contributed by atoms with van der Waals surface area (Å²) in [6.07, 6.45) is 3.54. The van der Waals surface area contributed by atoms with Crippen LogP contribution in [0.3, 0.4) is 0 Å². The molecule has 1 aromatic carbocycles. The normalized spacial score (nSPS) is 13.2. The van der Waals surface area contributed by atoms with Crippen LogP contribution in [0.2, 0.25) is 0 Å². The van der Waals surface area contributed by atoms with Crippen LogP contribution in [-0.2, 0) is 9.59 Å². The quantitative estimate of drug-likeness (QED) is 0.818. The van der Waals surface area contributed by atoms with E-state index in [0.29, 0.717) is 0 Å². The van der Waals surface area contributed by atoms with Gasteiger partial charge in [0.25, 0.3) is 0 Å². The van der Waals surface area contributed by atoms with E-state index in [1.807, 2.05) is 20.8 Å². The van der Waals surface area contributed by atoms with Crippen LogP contribution in [0.15, 0.2) is 30.9 Å². The summed E-state index contributed by atoms with van der Waals surface area (Å²) in [7, 11) is 0. The number of carbonyl (C=O) groups excluding carboxylic acids is 2. The van der Waals surface area contributed by atoms with Crippen molar-refractivity contribution in [3.8, 4) is 5.69 Å². The number of anilines is 1. The molecule has 0 spiro atoms. The van der Waals surface area contributed by atoms with Gasteiger partial charge in [-0.2, -0.15) is 5.10 Å². The molecule has 0 saturated carbocycles. The van der Waals surface area contributed by atoms with Crippen molar-refractivity contribution in [3.63, 3.8) is 0 Å². The minimum Gasteiger partial charge on any atom is -0.345 e. The SMILES string of the molecule is CCC(C)C(C)NC(=O)C(=O)Nc1ccc(-n2cncn2)c(F)c1. The van der Waals surface area contributed by atoms with Crippen molar-refractivity contribution >= 4 is 17.5 Å². The number of benzene rings is 1. The molecule has 1 heterocycles. The fourth-order valence-electron chi connectivity index (χ4n) is 2.06. The Balaban J connectivity index is 2.02. The van der Waals surface area contributed by atoms with Crippen LogP contribution in [0.5, 0.6) is 0 Å². The second-order valence-corrected chi connectivity index (χ2v) is 5.61. The number of nitrogens with zero attached hydrogens (tertiary/aromatic N) is 3. The van der Waals surface area contributed by atoms with Gasteiger partial charge in [-0.05, 0) is 31.0 Å². The standard InChI is InChI=1S/C16H20FN5O2/c1-4-10(2)11(3)20-15(23)16(24)21-12-5-6-14(13(17)7-12)22-9-18-8-19-22/h5-11H,4H2,1-3H3,(H,20,23)(H,21,24). The number of rotatable bonds is 5. The molecule has 0 aliphatic rings. The summed E-state index contributed by atoms with van der Waals surface area (Å²) in [4.78, 5) is 27.5. The summed E-state index contributed by atoms with van der Waals surface area (Å²) in [6.45, 7) is 5.83. The van der Waals surface area contributed by atoms with Crippen molar-refractivity contribution in [1.82, 2.24) is 20.1 Å². The van der Waals surface area contributed by atoms with Crippen LogP contribution in [0.1, 0.15) is 27.2 Å². The van der Waals surface area contributed by atoms with Gasteiger partial charge < -0.3 is 10.6 Å². The fourth-order valence-corrected chi connectivity index (χ4v) is 2.06. The zero-order valence-corrected chi connectivity index (χ0v) is 13.8. The first-order valence-corrected chi connectivity index (χ1v) is 7.68. The lowest BCUT2D eigenvalue weighted by molar-refractivity contribution is -0.136. The van der Waals surface area contributed by atoms with Crippen molar-refractivity contribution < 1.29 is 14.0 Å². The Kier molecular flexibility index (Phi) is 5.62. The smallest absolute Gasteiger partial charge is 0.313 e.